The number of thioether (sulfide) groups is 1. The van der Waals surface area contributed by atoms with Gasteiger partial charge in [0.1, 0.15) is 6.04 Å². The van der Waals surface area contributed by atoms with Crippen molar-refractivity contribution in [2.45, 2.75) is 12.5 Å². The second-order valence-electron chi connectivity index (χ2n) is 4.00. The van der Waals surface area contributed by atoms with Crippen LogP contribution in [0, 0.1) is 0 Å². The second kappa shape index (κ2) is 7.64. The molecule has 6 nitrogen and oxygen atoms in total. The molecule has 0 aliphatic heterocycles. The Bertz CT molecular complexity index is 492. The number of rotatable bonds is 7. The number of hydrogen-bond acceptors (Lipinski definition) is 5. The van der Waals surface area contributed by atoms with E-state index in [0.29, 0.717) is 12.2 Å². The van der Waals surface area contributed by atoms with Crippen molar-refractivity contribution in [1.82, 2.24) is 5.32 Å². The fourth-order valence-corrected chi connectivity index (χ4v) is 2.07. The number of phenolic OH excluding ortho intramolecular Hbond substituents is 1. The minimum absolute atomic E-state index is 0.0141. The molecule has 0 bridgehead atoms. The van der Waals surface area contributed by atoms with Crippen LogP contribution in [-0.2, 0) is 4.79 Å². The van der Waals surface area contributed by atoms with Crippen LogP contribution in [0.1, 0.15) is 16.8 Å². The third-order valence-corrected chi connectivity index (χ3v) is 3.32. The van der Waals surface area contributed by atoms with Crippen LogP contribution >= 0.6 is 11.8 Å². The van der Waals surface area contributed by atoms with Crippen LogP contribution in [-0.4, -0.2) is 47.2 Å². The van der Waals surface area contributed by atoms with Gasteiger partial charge in [0.05, 0.1) is 12.7 Å². The SMILES string of the molecule is COc1cccc(C(=O)N[C@H](CCSC)C(=O)O)c1O. The van der Waals surface area contributed by atoms with E-state index in [1.807, 2.05) is 6.26 Å². The number of phenols is 1. The molecule has 0 spiro atoms. The highest BCUT2D eigenvalue weighted by Crippen LogP contribution is 2.29. The molecule has 3 N–H and O–H groups in total. The van der Waals surface area contributed by atoms with Crippen LogP contribution in [0.25, 0.3) is 0 Å². The Morgan fingerprint density at radius 3 is 2.70 bits per heavy atom. The molecule has 0 aliphatic rings. The van der Waals surface area contributed by atoms with Crippen LogP contribution in [0.3, 0.4) is 0 Å². The average molecular weight is 299 g/mol. The molecule has 1 atom stereocenters. The molecule has 0 radical (unpaired) electrons. The first-order chi connectivity index (χ1) is 9.51. The van der Waals surface area contributed by atoms with Crippen molar-refractivity contribution < 1.29 is 24.5 Å². The van der Waals surface area contributed by atoms with E-state index < -0.39 is 17.9 Å². The Morgan fingerprint density at radius 1 is 1.45 bits per heavy atom. The first kappa shape index (κ1) is 16.2. The summed E-state index contributed by atoms with van der Waals surface area (Å²) < 4.78 is 4.90. The Morgan fingerprint density at radius 2 is 2.15 bits per heavy atom. The summed E-state index contributed by atoms with van der Waals surface area (Å²) in [6.07, 6.45) is 2.17. The van der Waals surface area contributed by atoms with Crippen molar-refractivity contribution in [2.24, 2.45) is 0 Å². The Balaban J connectivity index is 2.86. The fraction of sp³-hybridized carbons (Fsp3) is 0.385. The zero-order valence-corrected chi connectivity index (χ0v) is 12.1. The van der Waals surface area contributed by atoms with E-state index in [0.717, 1.165) is 0 Å². The van der Waals surface area contributed by atoms with Crippen molar-refractivity contribution >= 4 is 23.6 Å². The summed E-state index contributed by atoms with van der Waals surface area (Å²) in [6.45, 7) is 0. The number of carbonyl (C=O) groups is 2. The molecule has 1 aromatic rings. The predicted molar refractivity (Wildman–Crippen MR) is 76.5 cm³/mol. The highest BCUT2D eigenvalue weighted by Gasteiger charge is 2.22. The molecule has 1 amide bonds. The van der Waals surface area contributed by atoms with Gasteiger partial charge in [-0.1, -0.05) is 6.07 Å². The van der Waals surface area contributed by atoms with E-state index in [1.165, 1.54) is 31.0 Å². The third kappa shape index (κ3) is 4.06. The topological polar surface area (TPSA) is 95.9 Å². The quantitative estimate of drug-likeness (QED) is 0.703. The molecule has 7 heteroatoms. The highest BCUT2D eigenvalue weighted by atomic mass is 32.2. The zero-order chi connectivity index (χ0) is 15.1. The Kier molecular flexibility index (Phi) is 6.17. The molecular formula is C13H17NO5S. The van der Waals surface area contributed by atoms with E-state index in [-0.39, 0.29) is 17.1 Å². The lowest BCUT2D eigenvalue weighted by Gasteiger charge is -2.15. The predicted octanol–water partition coefficient (Wildman–Crippen LogP) is 1.34. The van der Waals surface area contributed by atoms with Gasteiger partial charge in [-0.15, -0.1) is 0 Å². The lowest BCUT2D eigenvalue weighted by molar-refractivity contribution is -0.139. The van der Waals surface area contributed by atoms with Crippen LogP contribution in [0.4, 0.5) is 0 Å². The number of benzene rings is 1. The number of aliphatic carboxylic acids is 1. The minimum atomic E-state index is -1.10. The third-order valence-electron chi connectivity index (χ3n) is 2.68. The first-order valence-electron chi connectivity index (χ1n) is 5.89. The van der Waals surface area contributed by atoms with Crippen molar-refractivity contribution in [3.8, 4) is 11.5 Å². The summed E-state index contributed by atoms with van der Waals surface area (Å²) in [5, 5.41) is 21.3. The van der Waals surface area contributed by atoms with E-state index in [2.05, 4.69) is 5.32 Å². The zero-order valence-electron chi connectivity index (χ0n) is 11.3. The normalized spacial score (nSPS) is 11.7. The summed E-state index contributed by atoms with van der Waals surface area (Å²) >= 11 is 1.50. The summed E-state index contributed by atoms with van der Waals surface area (Å²) in [6, 6.07) is 3.47. The number of ether oxygens (including phenoxy) is 1. The molecule has 1 rings (SSSR count). The van der Waals surface area contributed by atoms with Crippen molar-refractivity contribution in [1.29, 1.82) is 0 Å². The molecular weight excluding hydrogens is 282 g/mol. The van der Waals surface area contributed by atoms with Gasteiger partial charge in [-0.25, -0.2) is 4.79 Å². The van der Waals surface area contributed by atoms with Crippen LogP contribution in [0.2, 0.25) is 0 Å². The van der Waals surface area contributed by atoms with Gasteiger partial charge in [0.15, 0.2) is 11.5 Å². The smallest absolute Gasteiger partial charge is 0.326 e. The Labute approximate surface area is 121 Å². The van der Waals surface area contributed by atoms with Gasteiger partial charge in [-0.2, -0.15) is 11.8 Å². The molecule has 1 aromatic carbocycles. The number of methoxy groups -OCH3 is 1. The summed E-state index contributed by atoms with van der Waals surface area (Å²) in [5.41, 5.74) is -0.0141. The monoisotopic (exact) mass is 299 g/mol. The largest absolute Gasteiger partial charge is 0.504 e. The van der Waals surface area contributed by atoms with Gasteiger partial charge < -0.3 is 20.3 Å². The molecule has 0 saturated heterocycles. The number of nitrogens with one attached hydrogen (secondary N) is 1. The van der Waals surface area contributed by atoms with Crippen molar-refractivity contribution in [3.05, 3.63) is 23.8 Å². The van der Waals surface area contributed by atoms with Crippen molar-refractivity contribution in [3.63, 3.8) is 0 Å². The molecule has 20 heavy (non-hydrogen) atoms. The van der Waals surface area contributed by atoms with Gasteiger partial charge in [-0.05, 0) is 30.6 Å². The fourth-order valence-electron chi connectivity index (χ4n) is 1.60. The second-order valence-corrected chi connectivity index (χ2v) is 4.99. The highest BCUT2D eigenvalue weighted by molar-refractivity contribution is 7.98. The number of hydrogen-bond donors (Lipinski definition) is 3. The molecule has 0 aliphatic carbocycles. The average Bonchev–Trinajstić information content (AvgIpc) is 2.43. The number of aromatic hydroxyl groups is 1. The van der Waals surface area contributed by atoms with Crippen LogP contribution in [0.15, 0.2) is 18.2 Å². The molecule has 0 aromatic heterocycles. The maximum absolute atomic E-state index is 12.0. The summed E-state index contributed by atoms with van der Waals surface area (Å²) in [4.78, 5) is 23.1. The van der Waals surface area contributed by atoms with Crippen LogP contribution in [0.5, 0.6) is 11.5 Å². The standard InChI is InChI=1S/C13H17NO5S/c1-19-10-5-3-4-8(11(10)15)12(16)14-9(13(17)18)6-7-20-2/h3-5,9,15H,6-7H2,1-2H3,(H,14,16)(H,17,18)/t9-/m1/s1. The molecule has 0 fully saturated rings. The van der Waals surface area contributed by atoms with E-state index in [4.69, 9.17) is 9.84 Å². The van der Waals surface area contributed by atoms with Gasteiger partial charge >= 0.3 is 5.97 Å². The number of carboxylic acid groups (broad SMARTS) is 1. The van der Waals surface area contributed by atoms with Gasteiger partial charge in [0, 0.05) is 0 Å². The Hall–Kier alpha value is -1.89. The molecule has 0 unspecified atom stereocenters. The van der Waals surface area contributed by atoms with Gasteiger partial charge in [0.25, 0.3) is 5.91 Å². The van der Waals surface area contributed by atoms with E-state index >= 15 is 0 Å². The number of amides is 1. The lowest BCUT2D eigenvalue weighted by Crippen LogP contribution is -2.41. The van der Waals surface area contributed by atoms with Gasteiger partial charge in [0.2, 0.25) is 0 Å². The number of para-hydroxylation sites is 1. The maximum atomic E-state index is 12.0. The van der Waals surface area contributed by atoms with Crippen molar-refractivity contribution in [2.75, 3.05) is 19.1 Å². The number of carboxylic acids is 1. The molecule has 0 heterocycles. The molecule has 0 saturated carbocycles. The van der Waals surface area contributed by atoms with Crippen LogP contribution < -0.4 is 10.1 Å². The number of carbonyl (C=O) groups excluding carboxylic acids is 1. The first-order valence-corrected chi connectivity index (χ1v) is 7.29. The van der Waals surface area contributed by atoms with Gasteiger partial charge in [-0.3, -0.25) is 4.79 Å². The van der Waals surface area contributed by atoms with E-state index in [9.17, 15) is 14.7 Å². The molecule has 110 valence electrons. The van der Waals surface area contributed by atoms with E-state index in [1.54, 1.807) is 6.07 Å². The minimum Gasteiger partial charge on any atom is -0.504 e. The summed E-state index contributed by atoms with van der Waals surface area (Å²) in [5.74, 6) is -1.28. The maximum Gasteiger partial charge on any atom is 0.326 e. The lowest BCUT2D eigenvalue weighted by atomic mass is 10.1. The summed E-state index contributed by atoms with van der Waals surface area (Å²) in [7, 11) is 1.37.